The molecule has 7 heteroatoms. The van der Waals surface area contributed by atoms with Crippen LogP contribution in [0.4, 0.5) is 11.4 Å². The third kappa shape index (κ3) is 5.46. The molecule has 166 valence electrons. The molecule has 0 fully saturated rings. The second-order valence-corrected chi connectivity index (χ2v) is 7.61. The summed E-state index contributed by atoms with van der Waals surface area (Å²) < 4.78 is 7.15. The molecule has 2 N–H and O–H groups in total. The number of ether oxygens (including phenoxy) is 1. The Morgan fingerprint density at radius 3 is 2.42 bits per heavy atom. The average molecular weight is 441 g/mol. The van der Waals surface area contributed by atoms with Gasteiger partial charge >= 0.3 is 0 Å². The Balaban J connectivity index is 1.38. The summed E-state index contributed by atoms with van der Waals surface area (Å²) in [6.45, 7) is 2.49. The van der Waals surface area contributed by atoms with Gasteiger partial charge in [0.2, 0.25) is 0 Å². The Labute approximate surface area is 192 Å². The first-order valence-electron chi connectivity index (χ1n) is 10.4. The van der Waals surface area contributed by atoms with Crippen LogP contribution in [0.5, 0.6) is 5.75 Å². The topological polar surface area (TPSA) is 85.2 Å². The van der Waals surface area contributed by atoms with Crippen LogP contribution in [-0.2, 0) is 6.54 Å². The molecule has 4 aromatic rings. The van der Waals surface area contributed by atoms with E-state index in [1.54, 1.807) is 31.8 Å². The van der Waals surface area contributed by atoms with Gasteiger partial charge in [-0.25, -0.2) is 4.98 Å². The standard InChI is InChI=1S/C26H24N4O3/c1-18-8-13-24(33-2)22(14-18)29-26(32)23-16-30(17-27-23)15-19-9-11-21(12-10-19)28-25(31)20-6-4-3-5-7-20/h3-14,16-17H,15H2,1-2H3,(H,28,31)(H,29,32). The molecular formula is C26H24N4O3. The predicted octanol–water partition coefficient (Wildman–Crippen LogP) is 4.75. The van der Waals surface area contributed by atoms with E-state index in [0.29, 0.717) is 34.9 Å². The van der Waals surface area contributed by atoms with E-state index in [1.165, 1.54) is 0 Å². The highest BCUT2D eigenvalue weighted by atomic mass is 16.5. The summed E-state index contributed by atoms with van der Waals surface area (Å²) in [5, 5.41) is 5.74. The van der Waals surface area contributed by atoms with Crippen LogP contribution in [-0.4, -0.2) is 28.5 Å². The number of carbonyl (C=O) groups excluding carboxylic acids is 2. The van der Waals surface area contributed by atoms with Crippen molar-refractivity contribution in [3.63, 3.8) is 0 Å². The van der Waals surface area contributed by atoms with Gasteiger partial charge in [-0.2, -0.15) is 0 Å². The largest absolute Gasteiger partial charge is 0.495 e. The van der Waals surface area contributed by atoms with E-state index < -0.39 is 0 Å². The van der Waals surface area contributed by atoms with Crippen LogP contribution in [0.1, 0.15) is 32.0 Å². The Hall–Kier alpha value is -4.39. The Morgan fingerprint density at radius 2 is 1.70 bits per heavy atom. The van der Waals surface area contributed by atoms with Crippen molar-refractivity contribution >= 4 is 23.2 Å². The molecule has 0 radical (unpaired) electrons. The molecule has 0 aliphatic carbocycles. The van der Waals surface area contributed by atoms with E-state index >= 15 is 0 Å². The number of aromatic nitrogens is 2. The highest BCUT2D eigenvalue weighted by Gasteiger charge is 2.13. The van der Waals surface area contributed by atoms with Crippen molar-refractivity contribution in [2.45, 2.75) is 13.5 Å². The minimum atomic E-state index is -0.309. The fourth-order valence-electron chi connectivity index (χ4n) is 3.37. The summed E-state index contributed by atoms with van der Waals surface area (Å²) >= 11 is 0. The van der Waals surface area contributed by atoms with Gasteiger partial charge in [0.25, 0.3) is 11.8 Å². The first-order valence-corrected chi connectivity index (χ1v) is 10.4. The molecule has 0 unspecified atom stereocenters. The van der Waals surface area contributed by atoms with E-state index in [9.17, 15) is 9.59 Å². The normalized spacial score (nSPS) is 10.5. The van der Waals surface area contributed by atoms with Gasteiger partial charge in [0.05, 0.1) is 19.1 Å². The maximum atomic E-state index is 12.6. The van der Waals surface area contributed by atoms with Crippen LogP contribution in [0.3, 0.4) is 0 Å². The molecular weight excluding hydrogens is 416 g/mol. The van der Waals surface area contributed by atoms with Gasteiger partial charge in [-0.1, -0.05) is 36.4 Å². The summed E-state index contributed by atoms with van der Waals surface area (Å²) in [6.07, 6.45) is 3.32. The zero-order chi connectivity index (χ0) is 23.2. The van der Waals surface area contributed by atoms with Gasteiger partial charge in [0.15, 0.2) is 0 Å². The molecule has 1 aromatic heterocycles. The maximum Gasteiger partial charge on any atom is 0.275 e. The van der Waals surface area contributed by atoms with Gasteiger partial charge in [0, 0.05) is 24.0 Å². The first kappa shape index (κ1) is 21.8. The molecule has 33 heavy (non-hydrogen) atoms. The number of amides is 2. The smallest absolute Gasteiger partial charge is 0.275 e. The van der Waals surface area contributed by atoms with Crippen molar-refractivity contribution in [3.05, 3.63) is 108 Å². The van der Waals surface area contributed by atoms with Gasteiger partial charge in [0.1, 0.15) is 11.4 Å². The zero-order valence-electron chi connectivity index (χ0n) is 18.4. The molecule has 0 saturated carbocycles. The zero-order valence-corrected chi connectivity index (χ0v) is 18.4. The highest BCUT2D eigenvalue weighted by molar-refractivity contribution is 6.04. The second kappa shape index (κ2) is 9.82. The lowest BCUT2D eigenvalue weighted by molar-refractivity contribution is 0.101. The molecule has 0 atom stereocenters. The number of imidazole rings is 1. The van der Waals surface area contributed by atoms with E-state index in [2.05, 4.69) is 15.6 Å². The monoisotopic (exact) mass is 440 g/mol. The molecule has 3 aromatic carbocycles. The minimum Gasteiger partial charge on any atom is -0.495 e. The summed E-state index contributed by atoms with van der Waals surface area (Å²) in [4.78, 5) is 29.1. The summed E-state index contributed by atoms with van der Waals surface area (Å²) in [6, 6.07) is 22.2. The fraction of sp³-hybridized carbons (Fsp3) is 0.115. The Bertz CT molecular complexity index is 1260. The van der Waals surface area contributed by atoms with Gasteiger partial charge < -0.3 is 19.9 Å². The van der Waals surface area contributed by atoms with E-state index in [0.717, 1.165) is 11.1 Å². The molecule has 0 bridgehead atoms. The number of nitrogens with zero attached hydrogens (tertiary/aromatic N) is 2. The molecule has 4 rings (SSSR count). The van der Waals surface area contributed by atoms with Crippen molar-refractivity contribution in [2.24, 2.45) is 0 Å². The van der Waals surface area contributed by atoms with Crippen LogP contribution in [0.15, 0.2) is 85.3 Å². The average Bonchev–Trinajstić information content (AvgIpc) is 3.30. The van der Waals surface area contributed by atoms with Crippen LogP contribution >= 0.6 is 0 Å². The SMILES string of the molecule is COc1ccc(C)cc1NC(=O)c1cn(Cc2ccc(NC(=O)c3ccccc3)cc2)cn1. The van der Waals surface area contributed by atoms with E-state index in [-0.39, 0.29) is 11.8 Å². The third-order valence-electron chi connectivity index (χ3n) is 5.08. The van der Waals surface area contributed by atoms with Gasteiger partial charge in [-0.3, -0.25) is 9.59 Å². The van der Waals surface area contributed by atoms with Crippen molar-refractivity contribution in [3.8, 4) is 5.75 Å². The second-order valence-electron chi connectivity index (χ2n) is 7.61. The Morgan fingerprint density at radius 1 is 0.939 bits per heavy atom. The van der Waals surface area contributed by atoms with Gasteiger partial charge in [-0.15, -0.1) is 0 Å². The molecule has 0 saturated heterocycles. The predicted molar refractivity (Wildman–Crippen MR) is 128 cm³/mol. The number of hydrogen-bond donors (Lipinski definition) is 2. The number of hydrogen-bond acceptors (Lipinski definition) is 4. The van der Waals surface area contributed by atoms with Crippen molar-refractivity contribution in [1.82, 2.24) is 9.55 Å². The lowest BCUT2D eigenvalue weighted by Crippen LogP contribution is -2.13. The minimum absolute atomic E-state index is 0.154. The van der Waals surface area contributed by atoms with Crippen molar-refractivity contribution in [1.29, 1.82) is 0 Å². The fourth-order valence-corrected chi connectivity index (χ4v) is 3.37. The van der Waals surface area contributed by atoms with Crippen LogP contribution in [0.25, 0.3) is 0 Å². The number of benzene rings is 3. The molecule has 1 heterocycles. The number of aryl methyl sites for hydroxylation is 1. The highest BCUT2D eigenvalue weighted by Crippen LogP contribution is 2.25. The number of methoxy groups -OCH3 is 1. The summed E-state index contributed by atoms with van der Waals surface area (Å²) in [5.74, 6) is 0.128. The van der Waals surface area contributed by atoms with Crippen LogP contribution in [0.2, 0.25) is 0 Å². The summed E-state index contributed by atoms with van der Waals surface area (Å²) in [5.41, 5.74) is 4.26. The van der Waals surface area contributed by atoms with Crippen molar-refractivity contribution < 1.29 is 14.3 Å². The number of rotatable bonds is 7. The molecule has 0 aliphatic heterocycles. The van der Waals surface area contributed by atoms with Gasteiger partial charge in [-0.05, 0) is 54.4 Å². The van der Waals surface area contributed by atoms with Crippen molar-refractivity contribution in [2.75, 3.05) is 17.7 Å². The molecule has 7 nitrogen and oxygen atoms in total. The number of nitrogens with one attached hydrogen (secondary N) is 2. The lowest BCUT2D eigenvalue weighted by atomic mass is 10.2. The number of anilines is 2. The molecule has 0 spiro atoms. The molecule has 0 aliphatic rings. The lowest BCUT2D eigenvalue weighted by Gasteiger charge is -2.10. The number of carbonyl (C=O) groups is 2. The van der Waals surface area contributed by atoms with E-state index in [1.807, 2.05) is 72.2 Å². The molecule has 2 amide bonds. The quantitative estimate of drug-likeness (QED) is 0.434. The first-order chi connectivity index (χ1) is 16.0. The van der Waals surface area contributed by atoms with Crippen LogP contribution in [0, 0.1) is 6.92 Å². The summed E-state index contributed by atoms with van der Waals surface area (Å²) in [7, 11) is 1.56. The van der Waals surface area contributed by atoms with Crippen LogP contribution < -0.4 is 15.4 Å². The maximum absolute atomic E-state index is 12.6. The third-order valence-corrected chi connectivity index (χ3v) is 5.08. The van der Waals surface area contributed by atoms with E-state index in [4.69, 9.17) is 4.74 Å². The Kier molecular flexibility index (Phi) is 6.50.